The van der Waals surface area contributed by atoms with Gasteiger partial charge in [0.1, 0.15) is 0 Å². The van der Waals surface area contributed by atoms with E-state index in [-0.39, 0.29) is 0 Å². The van der Waals surface area contributed by atoms with Crippen LogP contribution in [0.15, 0.2) is 48.5 Å². The molecule has 0 aliphatic heterocycles. The maximum Gasteiger partial charge on any atom is 0.0728 e. The summed E-state index contributed by atoms with van der Waals surface area (Å²) in [5.41, 5.74) is 5.05. The van der Waals surface area contributed by atoms with Crippen molar-refractivity contribution >= 4 is 0 Å². The zero-order valence-corrected chi connectivity index (χ0v) is 12.1. The third-order valence-corrected chi connectivity index (χ3v) is 3.32. The fourth-order valence-corrected chi connectivity index (χ4v) is 2.11. The summed E-state index contributed by atoms with van der Waals surface area (Å²) < 4.78 is 0. The lowest BCUT2D eigenvalue weighted by molar-refractivity contribution is -0.0712. The van der Waals surface area contributed by atoms with Gasteiger partial charge in [-0.15, -0.1) is 0 Å². The first-order valence-electron chi connectivity index (χ1n) is 6.98. The Labute approximate surface area is 120 Å². The van der Waals surface area contributed by atoms with Crippen molar-refractivity contribution in [1.29, 1.82) is 0 Å². The minimum absolute atomic E-state index is 0.459. The Kier molecular flexibility index (Phi) is 5.30. The van der Waals surface area contributed by atoms with Crippen LogP contribution in [0.3, 0.4) is 0 Å². The van der Waals surface area contributed by atoms with Crippen molar-refractivity contribution in [2.75, 3.05) is 13.7 Å². The summed E-state index contributed by atoms with van der Waals surface area (Å²) >= 11 is 0. The van der Waals surface area contributed by atoms with Crippen molar-refractivity contribution < 1.29 is 5.21 Å². The van der Waals surface area contributed by atoms with Crippen molar-refractivity contribution in [3.05, 3.63) is 59.7 Å². The van der Waals surface area contributed by atoms with Crippen molar-refractivity contribution in [3.8, 4) is 11.1 Å². The van der Waals surface area contributed by atoms with E-state index in [4.69, 9.17) is 5.21 Å². The van der Waals surface area contributed by atoms with E-state index < -0.39 is 0 Å². The van der Waals surface area contributed by atoms with E-state index in [0.29, 0.717) is 6.67 Å². The first kappa shape index (κ1) is 14.7. The van der Waals surface area contributed by atoms with Crippen LogP contribution in [0.4, 0.5) is 0 Å². The second-order valence-corrected chi connectivity index (χ2v) is 4.99. The van der Waals surface area contributed by atoms with Gasteiger partial charge in [0, 0.05) is 13.6 Å². The topological polar surface area (TPSA) is 35.5 Å². The molecule has 2 N–H and O–H groups in total. The quantitative estimate of drug-likeness (QED) is 0.624. The lowest BCUT2D eigenvalue weighted by atomic mass is 10.0. The zero-order valence-electron chi connectivity index (χ0n) is 12.1. The molecule has 0 aromatic heterocycles. The number of hydroxylamine groups is 2. The lowest BCUT2D eigenvalue weighted by Crippen LogP contribution is -2.27. The standard InChI is InChI=1S/C17H22N2O/c1-3-14-4-8-16(9-5-14)17-10-6-15(7-11-17)12-18-13-19(2)20/h4-11,18,20H,3,12-13H2,1-2H3. The van der Waals surface area contributed by atoms with Gasteiger partial charge in [0.05, 0.1) is 6.67 Å². The molecule has 0 saturated carbocycles. The highest BCUT2D eigenvalue weighted by Crippen LogP contribution is 2.20. The highest BCUT2D eigenvalue weighted by molar-refractivity contribution is 5.63. The van der Waals surface area contributed by atoms with Crippen LogP contribution >= 0.6 is 0 Å². The molecule has 0 atom stereocenters. The Balaban J connectivity index is 1.99. The van der Waals surface area contributed by atoms with Crippen molar-refractivity contribution in [2.24, 2.45) is 0 Å². The van der Waals surface area contributed by atoms with Crippen molar-refractivity contribution in [2.45, 2.75) is 19.9 Å². The van der Waals surface area contributed by atoms with Crippen LogP contribution in [-0.4, -0.2) is 24.0 Å². The number of nitrogens with zero attached hydrogens (tertiary/aromatic N) is 1. The molecule has 0 saturated heterocycles. The van der Waals surface area contributed by atoms with E-state index in [1.54, 1.807) is 7.05 Å². The van der Waals surface area contributed by atoms with Gasteiger partial charge in [0.15, 0.2) is 0 Å². The first-order chi connectivity index (χ1) is 9.69. The maximum absolute atomic E-state index is 9.04. The maximum atomic E-state index is 9.04. The summed E-state index contributed by atoms with van der Waals surface area (Å²) in [6.45, 7) is 3.38. The summed E-state index contributed by atoms with van der Waals surface area (Å²) in [7, 11) is 1.62. The minimum Gasteiger partial charge on any atom is -0.313 e. The van der Waals surface area contributed by atoms with E-state index in [9.17, 15) is 0 Å². The smallest absolute Gasteiger partial charge is 0.0728 e. The molecule has 0 heterocycles. The van der Waals surface area contributed by atoms with E-state index in [2.05, 4.69) is 60.8 Å². The van der Waals surface area contributed by atoms with Crippen LogP contribution in [0.25, 0.3) is 11.1 Å². The molecule has 2 aromatic carbocycles. The highest BCUT2D eigenvalue weighted by atomic mass is 16.5. The van der Waals surface area contributed by atoms with E-state index in [0.717, 1.165) is 18.0 Å². The average molecular weight is 270 g/mol. The summed E-state index contributed by atoms with van der Waals surface area (Å²) in [6, 6.07) is 17.2. The number of rotatable bonds is 6. The van der Waals surface area contributed by atoms with Gasteiger partial charge in [-0.25, -0.2) is 0 Å². The molecule has 0 unspecified atom stereocenters. The summed E-state index contributed by atoms with van der Waals surface area (Å²) in [4.78, 5) is 0. The van der Waals surface area contributed by atoms with Crippen LogP contribution in [-0.2, 0) is 13.0 Å². The number of benzene rings is 2. The molecule has 0 amide bonds. The van der Waals surface area contributed by atoms with Gasteiger partial charge in [0.2, 0.25) is 0 Å². The zero-order chi connectivity index (χ0) is 14.4. The number of hydrogen-bond acceptors (Lipinski definition) is 3. The van der Waals surface area contributed by atoms with Gasteiger partial charge in [-0.1, -0.05) is 55.5 Å². The Hall–Kier alpha value is -1.68. The lowest BCUT2D eigenvalue weighted by Gasteiger charge is -2.10. The Bertz CT molecular complexity index is 518. The molecule has 3 nitrogen and oxygen atoms in total. The number of nitrogens with one attached hydrogen (secondary N) is 1. The SMILES string of the molecule is CCc1ccc(-c2ccc(CNCN(C)O)cc2)cc1. The Morgan fingerprint density at radius 2 is 1.40 bits per heavy atom. The van der Waals surface area contributed by atoms with E-state index >= 15 is 0 Å². The average Bonchev–Trinajstić information content (AvgIpc) is 2.48. The summed E-state index contributed by atoms with van der Waals surface area (Å²) in [5, 5.41) is 13.3. The molecular formula is C17H22N2O. The molecule has 0 fully saturated rings. The fraction of sp³-hybridized carbons (Fsp3) is 0.294. The van der Waals surface area contributed by atoms with Crippen LogP contribution in [0.2, 0.25) is 0 Å². The van der Waals surface area contributed by atoms with Crippen LogP contribution in [0.5, 0.6) is 0 Å². The molecule has 0 spiro atoms. The minimum atomic E-state index is 0.459. The summed E-state index contributed by atoms with van der Waals surface area (Å²) in [6.07, 6.45) is 1.07. The Morgan fingerprint density at radius 3 is 1.85 bits per heavy atom. The predicted octanol–water partition coefficient (Wildman–Crippen LogP) is 3.28. The van der Waals surface area contributed by atoms with Crippen LogP contribution in [0.1, 0.15) is 18.1 Å². The second kappa shape index (κ2) is 7.20. The van der Waals surface area contributed by atoms with Gasteiger partial charge in [-0.3, -0.25) is 5.32 Å². The van der Waals surface area contributed by atoms with Gasteiger partial charge in [0.25, 0.3) is 0 Å². The Morgan fingerprint density at radius 1 is 0.900 bits per heavy atom. The molecule has 106 valence electrons. The molecular weight excluding hydrogens is 248 g/mol. The first-order valence-corrected chi connectivity index (χ1v) is 6.98. The van der Waals surface area contributed by atoms with Gasteiger partial charge in [-0.05, 0) is 28.7 Å². The van der Waals surface area contributed by atoms with E-state index in [1.165, 1.54) is 22.3 Å². The molecule has 2 aromatic rings. The molecule has 0 radical (unpaired) electrons. The highest BCUT2D eigenvalue weighted by Gasteiger charge is 1.99. The van der Waals surface area contributed by atoms with Gasteiger partial charge >= 0.3 is 0 Å². The summed E-state index contributed by atoms with van der Waals surface area (Å²) in [5.74, 6) is 0. The van der Waals surface area contributed by atoms with Crippen molar-refractivity contribution in [1.82, 2.24) is 10.4 Å². The predicted molar refractivity (Wildman–Crippen MR) is 82.5 cm³/mol. The molecule has 0 aliphatic carbocycles. The monoisotopic (exact) mass is 270 g/mol. The molecule has 0 bridgehead atoms. The number of hydrogen-bond donors (Lipinski definition) is 2. The van der Waals surface area contributed by atoms with Crippen LogP contribution < -0.4 is 5.32 Å². The van der Waals surface area contributed by atoms with Crippen LogP contribution in [0, 0.1) is 0 Å². The number of aryl methyl sites for hydroxylation is 1. The van der Waals surface area contributed by atoms with Gasteiger partial charge in [-0.2, -0.15) is 5.06 Å². The fourth-order valence-electron chi connectivity index (χ4n) is 2.11. The third-order valence-electron chi connectivity index (χ3n) is 3.32. The van der Waals surface area contributed by atoms with E-state index in [1.807, 2.05) is 0 Å². The normalized spacial score (nSPS) is 11.0. The van der Waals surface area contributed by atoms with Gasteiger partial charge < -0.3 is 5.21 Å². The molecule has 3 heteroatoms. The molecule has 2 rings (SSSR count). The largest absolute Gasteiger partial charge is 0.313 e. The third kappa shape index (κ3) is 4.17. The van der Waals surface area contributed by atoms with Crippen molar-refractivity contribution in [3.63, 3.8) is 0 Å². The molecule has 0 aliphatic rings. The molecule has 20 heavy (non-hydrogen) atoms. The second-order valence-electron chi connectivity index (χ2n) is 4.99.